The second-order valence-corrected chi connectivity index (χ2v) is 4.37. The maximum absolute atomic E-state index is 12.3. The van der Waals surface area contributed by atoms with Crippen LogP contribution < -0.4 is 5.73 Å². The fraction of sp³-hybridized carbons (Fsp3) is 0.267. The fourth-order valence-electron chi connectivity index (χ4n) is 1.84. The summed E-state index contributed by atoms with van der Waals surface area (Å²) in [6, 6.07) is 6.42. The van der Waals surface area contributed by atoms with E-state index in [1.807, 2.05) is 0 Å². The van der Waals surface area contributed by atoms with E-state index >= 15 is 0 Å². The highest BCUT2D eigenvalue weighted by Gasteiger charge is 2.22. The van der Waals surface area contributed by atoms with Crippen molar-refractivity contribution in [2.24, 2.45) is 5.73 Å². The molecule has 0 aliphatic heterocycles. The summed E-state index contributed by atoms with van der Waals surface area (Å²) in [4.78, 5) is 13.9. The monoisotopic (exact) mass is 272 g/mol. The van der Waals surface area contributed by atoms with Gasteiger partial charge < -0.3 is 19.5 Å². The smallest absolute Gasteiger partial charge is 0.241 e. The highest BCUT2D eigenvalue weighted by Crippen LogP contribution is 2.12. The summed E-state index contributed by atoms with van der Waals surface area (Å²) >= 11 is 0. The van der Waals surface area contributed by atoms with Crippen molar-refractivity contribution >= 4 is 5.91 Å². The Balaban J connectivity index is 2.10. The van der Waals surface area contributed by atoms with Crippen LogP contribution in [-0.4, -0.2) is 16.8 Å². The second-order valence-electron chi connectivity index (χ2n) is 4.37. The van der Waals surface area contributed by atoms with Crippen LogP contribution in [0, 0.1) is 12.3 Å². The molecule has 1 unspecified atom stereocenters. The molecule has 2 N–H and O–H groups in total. The molecule has 5 heteroatoms. The minimum Gasteiger partial charge on any atom is -0.467 e. The summed E-state index contributed by atoms with van der Waals surface area (Å²) in [6.45, 7) is 0.648. The predicted molar refractivity (Wildman–Crippen MR) is 73.1 cm³/mol. The molecule has 2 heterocycles. The third-order valence-electron chi connectivity index (χ3n) is 2.82. The number of terminal acetylenes is 1. The van der Waals surface area contributed by atoms with Crippen LogP contribution in [0.2, 0.25) is 0 Å². The van der Waals surface area contributed by atoms with Gasteiger partial charge in [-0.15, -0.1) is 12.3 Å². The average Bonchev–Trinajstić information content (AvgIpc) is 3.10. The van der Waals surface area contributed by atoms with E-state index in [2.05, 4.69) is 5.92 Å². The van der Waals surface area contributed by atoms with Gasteiger partial charge in [-0.1, -0.05) is 0 Å². The third kappa shape index (κ3) is 3.53. The number of rotatable bonds is 6. The summed E-state index contributed by atoms with van der Waals surface area (Å²) < 4.78 is 10.5. The topological polar surface area (TPSA) is 72.6 Å². The zero-order valence-corrected chi connectivity index (χ0v) is 11.0. The fourth-order valence-corrected chi connectivity index (χ4v) is 1.84. The zero-order chi connectivity index (χ0) is 14.4. The Labute approximate surface area is 117 Å². The minimum atomic E-state index is -0.718. The lowest BCUT2D eigenvalue weighted by Gasteiger charge is -2.23. The molecule has 0 spiro atoms. The molecule has 20 heavy (non-hydrogen) atoms. The van der Waals surface area contributed by atoms with E-state index in [1.165, 1.54) is 0 Å². The number of furan rings is 2. The van der Waals surface area contributed by atoms with Crippen molar-refractivity contribution in [2.45, 2.75) is 25.6 Å². The van der Waals surface area contributed by atoms with E-state index in [4.69, 9.17) is 21.0 Å². The molecule has 1 atom stereocenters. The summed E-state index contributed by atoms with van der Waals surface area (Å²) in [7, 11) is 0. The van der Waals surface area contributed by atoms with Crippen molar-refractivity contribution in [3.05, 3.63) is 48.3 Å². The molecule has 0 saturated carbocycles. The standard InChI is InChI=1S/C15H16N2O3/c1-2-5-14(16)15(18)17(10-12-6-3-8-19-12)11-13-7-4-9-20-13/h1,3-4,6-9,14H,5,10-11,16H2. The summed E-state index contributed by atoms with van der Waals surface area (Å²) in [6.07, 6.45) is 8.53. The molecular weight excluding hydrogens is 256 g/mol. The quantitative estimate of drug-likeness (QED) is 0.813. The molecule has 2 aromatic rings. The van der Waals surface area contributed by atoms with Crippen molar-refractivity contribution in [2.75, 3.05) is 0 Å². The van der Waals surface area contributed by atoms with Gasteiger partial charge in [-0.3, -0.25) is 4.79 Å². The Hall–Kier alpha value is -2.45. The molecule has 0 aromatic carbocycles. The molecule has 2 aromatic heterocycles. The van der Waals surface area contributed by atoms with Crippen LogP contribution in [0.5, 0.6) is 0 Å². The molecule has 2 rings (SSSR count). The van der Waals surface area contributed by atoms with Crippen molar-refractivity contribution in [1.82, 2.24) is 4.90 Å². The number of hydrogen-bond acceptors (Lipinski definition) is 4. The number of carbonyl (C=O) groups excluding carboxylic acids is 1. The number of amides is 1. The maximum atomic E-state index is 12.3. The average molecular weight is 272 g/mol. The SMILES string of the molecule is C#CCC(N)C(=O)N(Cc1ccco1)Cc1ccco1. The van der Waals surface area contributed by atoms with Gasteiger partial charge in [0.15, 0.2) is 0 Å². The molecule has 0 radical (unpaired) electrons. The Kier molecular flexibility index (Phi) is 4.64. The first-order valence-electron chi connectivity index (χ1n) is 6.23. The number of nitrogens with two attached hydrogens (primary N) is 1. The molecule has 0 saturated heterocycles. The zero-order valence-electron chi connectivity index (χ0n) is 11.0. The van der Waals surface area contributed by atoms with E-state index in [-0.39, 0.29) is 12.3 Å². The van der Waals surface area contributed by atoms with E-state index < -0.39 is 6.04 Å². The Bertz CT molecular complexity index is 531. The summed E-state index contributed by atoms with van der Waals surface area (Å²) in [5.74, 6) is 3.53. The van der Waals surface area contributed by atoms with Gasteiger partial charge in [0.25, 0.3) is 0 Å². The van der Waals surface area contributed by atoms with E-state index in [0.717, 1.165) is 0 Å². The van der Waals surface area contributed by atoms with Gasteiger partial charge in [-0.25, -0.2) is 0 Å². The van der Waals surface area contributed by atoms with Crippen molar-refractivity contribution in [1.29, 1.82) is 0 Å². The van der Waals surface area contributed by atoms with Crippen molar-refractivity contribution in [3.63, 3.8) is 0 Å². The lowest BCUT2D eigenvalue weighted by atomic mass is 10.2. The number of hydrogen-bond donors (Lipinski definition) is 1. The van der Waals surface area contributed by atoms with Crippen molar-refractivity contribution < 1.29 is 13.6 Å². The van der Waals surface area contributed by atoms with Gasteiger partial charge in [0.05, 0.1) is 31.7 Å². The predicted octanol–water partition coefficient (Wildman–Crippen LogP) is 1.75. The number of carbonyl (C=O) groups is 1. The van der Waals surface area contributed by atoms with Gasteiger partial charge in [0.2, 0.25) is 5.91 Å². The Morgan fingerprint density at radius 2 is 1.80 bits per heavy atom. The lowest BCUT2D eigenvalue weighted by Crippen LogP contribution is -2.42. The van der Waals surface area contributed by atoms with Gasteiger partial charge in [0.1, 0.15) is 11.5 Å². The Morgan fingerprint density at radius 3 is 2.20 bits per heavy atom. The maximum Gasteiger partial charge on any atom is 0.241 e. The normalized spacial score (nSPS) is 11.8. The van der Waals surface area contributed by atoms with Gasteiger partial charge in [0, 0.05) is 6.42 Å². The van der Waals surface area contributed by atoms with Crippen molar-refractivity contribution in [3.8, 4) is 12.3 Å². The molecule has 104 valence electrons. The van der Waals surface area contributed by atoms with Crippen LogP contribution >= 0.6 is 0 Å². The van der Waals surface area contributed by atoms with Crippen LogP contribution in [0.1, 0.15) is 17.9 Å². The largest absolute Gasteiger partial charge is 0.467 e. The highest BCUT2D eigenvalue weighted by atomic mass is 16.3. The lowest BCUT2D eigenvalue weighted by molar-refractivity contribution is -0.134. The van der Waals surface area contributed by atoms with E-state index in [1.54, 1.807) is 41.7 Å². The summed E-state index contributed by atoms with van der Waals surface area (Å²) in [5.41, 5.74) is 5.79. The molecule has 0 fully saturated rings. The number of nitrogens with zero attached hydrogens (tertiary/aromatic N) is 1. The Morgan fingerprint density at radius 1 is 1.25 bits per heavy atom. The van der Waals surface area contributed by atoms with Crippen LogP contribution in [0.4, 0.5) is 0 Å². The third-order valence-corrected chi connectivity index (χ3v) is 2.82. The molecule has 0 bridgehead atoms. The van der Waals surface area contributed by atoms with Crippen LogP contribution in [-0.2, 0) is 17.9 Å². The molecule has 0 aliphatic carbocycles. The molecule has 1 amide bonds. The first kappa shape index (κ1) is 14.0. The van der Waals surface area contributed by atoms with E-state index in [9.17, 15) is 4.79 Å². The van der Waals surface area contributed by atoms with Gasteiger partial charge >= 0.3 is 0 Å². The van der Waals surface area contributed by atoms with Crippen LogP contribution in [0.25, 0.3) is 0 Å². The van der Waals surface area contributed by atoms with Crippen LogP contribution in [0.15, 0.2) is 45.6 Å². The van der Waals surface area contributed by atoms with Gasteiger partial charge in [-0.05, 0) is 24.3 Å². The van der Waals surface area contributed by atoms with E-state index in [0.29, 0.717) is 24.6 Å². The molecule has 5 nitrogen and oxygen atoms in total. The first-order chi connectivity index (χ1) is 9.70. The van der Waals surface area contributed by atoms with Crippen LogP contribution in [0.3, 0.4) is 0 Å². The minimum absolute atomic E-state index is 0.200. The molecule has 0 aliphatic rings. The van der Waals surface area contributed by atoms with Gasteiger partial charge in [-0.2, -0.15) is 0 Å². The highest BCUT2D eigenvalue weighted by molar-refractivity contribution is 5.81. The molecular formula is C15H16N2O3. The first-order valence-corrected chi connectivity index (χ1v) is 6.23. The summed E-state index contributed by atoms with van der Waals surface area (Å²) in [5, 5.41) is 0. The second kappa shape index (κ2) is 6.64.